The molecule has 3 aromatic rings. The summed E-state index contributed by atoms with van der Waals surface area (Å²) in [4.78, 5) is 12.1. The molecule has 0 bridgehead atoms. The van der Waals surface area contributed by atoms with E-state index in [0.717, 1.165) is 17.1 Å². The fraction of sp³-hybridized carbons (Fsp3) is 0.0500. The predicted molar refractivity (Wildman–Crippen MR) is 97.1 cm³/mol. The highest BCUT2D eigenvalue weighted by Crippen LogP contribution is 2.27. The Morgan fingerprint density at radius 3 is 2.36 bits per heavy atom. The van der Waals surface area contributed by atoms with Crippen molar-refractivity contribution in [1.82, 2.24) is 0 Å². The van der Waals surface area contributed by atoms with E-state index in [-0.39, 0.29) is 11.5 Å². The van der Waals surface area contributed by atoms with Crippen LogP contribution in [0.3, 0.4) is 0 Å². The van der Waals surface area contributed by atoms with Gasteiger partial charge in [0.15, 0.2) is 0 Å². The summed E-state index contributed by atoms with van der Waals surface area (Å²) in [6.45, 7) is 0. The van der Waals surface area contributed by atoms with Crippen molar-refractivity contribution in [3.05, 3.63) is 84.2 Å². The first-order valence-corrected chi connectivity index (χ1v) is 7.73. The first kappa shape index (κ1) is 16.5. The summed E-state index contributed by atoms with van der Waals surface area (Å²) in [5, 5.41) is 6.00. The van der Waals surface area contributed by atoms with Crippen LogP contribution in [-0.4, -0.2) is 13.0 Å². The lowest BCUT2D eigenvalue weighted by molar-refractivity contribution is 0.102. The number of amides is 1. The number of para-hydroxylation sites is 2. The van der Waals surface area contributed by atoms with Crippen molar-refractivity contribution in [2.45, 2.75) is 0 Å². The highest BCUT2D eigenvalue weighted by atomic mass is 19.1. The van der Waals surface area contributed by atoms with Crippen LogP contribution >= 0.6 is 0 Å². The summed E-state index contributed by atoms with van der Waals surface area (Å²) in [6, 6.07) is 20.4. The Kier molecular flexibility index (Phi) is 4.95. The van der Waals surface area contributed by atoms with Gasteiger partial charge in [-0.3, -0.25) is 4.79 Å². The van der Waals surface area contributed by atoms with E-state index in [9.17, 15) is 9.18 Å². The van der Waals surface area contributed by atoms with E-state index in [1.807, 2.05) is 36.4 Å². The van der Waals surface area contributed by atoms with E-state index < -0.39 is 5.82 Å². The molecular weight excluding hydrogens is 319 g/mol. The maximum atomic E-state index is 13.2. The van der Waals surface area contributed by atoms with Crippen LogP contribution in [0.1, 0.15) is 10.4 Å². The number of methoxy groups -OCH3 is 1. The van der Waals surface area contributed by atoms with Gasteiger partial charge in [-0.05, 0) is 54.6 Å². The molecule has 0 spiro atoms. The maximum absolute atomic E-state index is 13.2. The number of ether oxygens (including phenoxy) is 1. The molecule has 0 aromatic heterocycles. The standard InChI is InChI=1S/C20H17FN2O2/c1-25-19-8-3-2-7-18(19)22-16-9-11-17(12-10-16)23-20(24)14-5-4-6-15(21)13-14/h2-13,22H,1H3,(H,23,24). The number of anilines is 3. The smallest absolute Gasteiger partial charge is 0.255 e. The van der Waals surface area contributed by atoms with Crippen molar-refractivity contribution in [2.75, 3.05) is 17.7 Å². The second-order valence-corrected chi connectivity index (χ2v) is 5.37. The molecule has 3 rings (SSSR count). The molecule has 0 aliphatic carbocycles. The second kappa shape index (κ2) is 7.49. The van der Waals surface area contributed by atoms with Crippen LogP contribution in [0.4, 0.5) is 21.5 Å². The van der Waals surface area contributed by atoms with E-state index in [0.29, 0.717) is 5.69 Å². The van der Waals surface area contributed by atoms with Crippen molar-refractivity contribution in [3.8, 4) is 5.75 Å². The lowest BCUT2D eigenvalue weighted by Crippen LogP contribution is -2.11. The third kappa shape index (κ3) is 4.14. The molecule has 0 saturated heterocycles. The predicted octanol–water partition coefficient (Wildman–Crippen LogP) is 4.83. The molecule has 1 amide bonds. The van der Waals surface area contributed by atoms with Crippen LogP contribution in [0.25, 0.3) is 0 Å². The quantitative estimate of drug-likeness (QED) is 0.701. The molecule has 0 saturated carbocycles. The molecular formula is C20H17FN2O2. The number of hydrogen-bond donors (Lipinski definition) is 2. The lowest BCUT2D eigenvalue weighted by Gasteiger charge is -2.11. The Balaban J connectivity index is 1.69. The van der Waals surface area contributed by atoms with Gasteiger partial charge in [-0.25, -0.2) is 4.39 Å². The van der Waals surface area contributed by atoms with E-state index in [1.54, 1.807) is 25.3 Å². The van der Waals surface area contributed by atoms with Crippen molar-refractivity contribution in [3.63, 3.8) is 0 Å². The molecule has 2 N–H and O–H groups in total. The highest BCUT2D eigenvalue weighted by Gasteiger charge is 2.07. The van der Waals surface area contributed by atoms with Crippen LogP contribution in [0.15, 0.2) is 72.8 Å². The first-order valence-electron chi connectivity index (χ1n) is 7.73. The van der Waals surface area contributed by atoms with Gasteiger partial charge in [-0.15, -0.1) is 0 Å². The van der Waals surface area contributed by atoms with Crippen molar-refractivity contribution in [2.24, 2.45) is 0 Å². The number of nitrogens with one attached hydrogen (secondary N) is 2. The van der Waals surface area contributed by atoms with Gasteiger partial charge >= 0.3 is 0 Å². The Hall–Kier alpha value is -3.34. The highest BCUT2D eigenvalue weighted by molar-refractivity contribution is 6.04. The van der Waals surface area contributed by atoms with Crippen molar-refractivity contribution < 1.29 is 13.9 Å². The normalized spacial score (nSPS) is 10.2. The lowest BCUT2D eigenvalue weighted by atomic mass is 10.2. The Bertz CT molecular complexity index is 879. The zero-order valence-corrected chi connectivity index (χ0v) is 13.6. The van der Waals surface area contributed by atoms with Crippen LogP contribution < -0.4 is 15.4 Å². The number of rotatable bonds is 5. The summed E-state index contributed by atoms with van der Waals surface area (Å²) in [6.07, 6.45) is 0. The Labute approximate surface area is 145 Å². The van der Waals surface area contributed by atoms with E-state index in [2.05, 4.69) is 10.6 Å². The summed E-state index contributed by atoms with van der Waals surface area (Å²) >= 11 is 0. The second-order valence-electron chi connectivity index (χ2n) is 5.37. The molecule has 126 valence electrons. The minimum Gasteiger partial charge on any atom is -0.495 e. The topological polar surface area (TPSA) is 50.4 Å². The van der Waals surface area contributed by atoms with E-state index in [4.69, 9.17) is 4.74 Å². The summed E-state index contributed by atoms with van der Waals surface area (Å²) in [5.74, 6) is -0.0556. The molecule has 0 unspecified atom stereocenters. The van der Waals surface area contributed by atoms with Gasteiger partial charge in [0.1, 0.15) is 11.6 Å². The maximum Gasteiger partial charge on any atom is 0.255 e. The zero-order valence-electron chi connectivity index (χ0n) is 13.6. The molecule has 0 aliphatic heterocycles. The number of hydrogen-bond acceptors (Lipinski definition) is 3. The van der Waals surface area contributed by atoms with Gasteiger partial charge in [0.05, 0.1) is 12.8 Å². The molecule has 5 heteroatoms. The van der Waals surface area contributed by atoms with Crippen molar-refractivity contribution >= 4 is 23.0 Å². The molecule has 0 atom stereocenters. The summed E-state index contributed by atoms with van der Waals surface area (Å²) < 4.78 is 18.5. The number of halogens is 1. The number of carbonyl (C=O) groups is 1. The fourth-order valence-electron chi connectivity index (χ4n) is 2.37. The molecule has 0 fully saturated rings. The van der Waals surface area contributed by atoms with Gasteiger partial charge in [0.25, 0.3) is 5.91 Å². The van der Waals surface area contributed by atoms with Crippen molar-refractivity contribution in [1.29, 1.82) is 0 Å². The molecule has 0 heterocycles. The van der Waals surface area contributed by atoms with Crippen LogP contribution in [-0.2, 0) is 0 Å². The number of benzene rings is 3. The van der Waals surface area contributed by atoms with Gasteiger partial charge < -0.3 is 15.4 Å². The molecule has 25 heavy (non-hydrogen) atoms. The molecule has 0 radical (unpaired) electrons. The summed E-state index contributed by atoms with van der Waals surface area (Å²) in [7, 11) is 1.62. The van der Waals surface area contributed by atoms with Gasteiger partial charge in [-0.1, -0.05) is 18.2 Å². The van der Waals surface area contributed by atoms with E-state index in [1.165, 1.54) is 18.2 Å². The van der Waals surface area contributed by atoms with Crippen LogP contribution in [0, 0.1) is 5.82 Å². The van der Waals surface area contributed by atoms with Crippen LogP contribution in [0.5, 0.6) is 5.75 Å². The van der Waals surface area contributed by atoms with E-state index >= 15 is 0 Å². The van der Waals surface area contributed by atoms with Crippen LogP contribution in [0.2, 0.25) is 0 Å². The summed E-state index contributed by atoms with van der Waals surface area (Å²) in [5.41, 5.74) is 2.60. The monoisotopic (exact) mass is 336 g/mol. The SMILES string of the molecule is COc1ccccc1Nc1ccc(NC(=O)c2cccc(F)c2)cc1. The Morgan fingerprint density at radius 1 is 0.920 bits per heavy atom. The first-order chi connectivity index (χ1) is 12.2. The largest absolute Gasteiger partial charge is 0.495 e. The minimum absolute atomic E-state index is 0.274. The average Bonchev–Trinajstić information content (AvgIpc) is 2.64. The minimum atomic E-state index is -0.441. The molecule has 0 aliphatic rings. The van der Waals surface area contributed by atoms with Gasteiger partial charge in [0.2, 0.25) is 0 Å². The Morgan fingerprint density at radius 2 is 1.64 bits per heavy atom. The molecule has 3 aromatic carbocycles. The third-order valence-corrected chi connectivity index (χ3v) is 3.62. The molecule has 4 nitrogen and oxygen atoms in total. The third-order valence-electron chi connectivity index (χ3n) is 3.62. The average molecular weight is 336 g/mol. The van der Waals surface area contributed by atoms with Gasteiger partial charge in [-0.2, -0.15) is 0 Å². The fourth-order valence-corrected chi connectivity index (χ4v) is 2.37. The zero-order chi connectivity index (χ0) is 17.6. The number of carbonyl (C=O) groups excluding carboxylic acids is 1. The van der Waals surface area contributed by atoms with Gasteiger partial charge in [0, 0.05) is 16.9 Å².